The number of piperidine rings is 2. The summed E-state index contributed by atoms with van der Waals surface area (Å²) in [6.07, 6.45) is 10.4. The van der Waals surface area contributed by atoms with Crippen molar-refractivity contribution in [2.45, 2.75) is 51.1 Å². The molecule has 33 heavy (non-hydrogen) atoms. The molecular formula is C25H33N7O. The van der Waals surface area contributed by atoms with E-state index in [4.69, 9.17) is 0 Å². The number of imidazole rings is 1. The highest BCUT2D eigenvalue weighted by Crippen LogP contribution is 2.24. The summed E-state index contributed by atoms with van der Waals surface area (Å²) in [6.45, 7) is 6.10. The zero-order chi connectivity index (χ0) is 22.5. The number of anilines is 1. The highest BCUT2D eigenvalue weighted by molar-refractivity contribution is 5.94. The van der Waals surface area contributed by atoms with E-state index in [2.05, 4.69) is 34.6 Å². The maximum atomic E-state index is 12.4. The molecule has 0 atom stereocenters. The summed E-state index contributed by atoms with van der Waals surface area (Å²) < 4.78 is 2.16. The van der Waals surface area contributed by atoms with Crippen molar-refractivity contribution >= 4 is 22.9 Å². The van der Waals surface area contributed by atoms with E-state index in [1.54, 1.807) is 6.33 Å². The molecule has 2 aliphatic heterocycles. The minimum atomic E-state index is 0.0342. The van der Waals surface area contributed by atoms with Gasteiger partial charge >= 0.3 is 0 Å². The topological polar surface area (TPSA) is 79.2 Å². The number of nitrogens with zero attached hydrogens (tertiary/aromatic N) is 6. The molecule has 8 heteroatoms. The second kappa shape index (κ2) is 10.3. The van der Waals surface area contributed by atoms with Crippen LogP contribution in [0.4, 0.5) is 5.82 Å². The molecule has 0 aliphatic carbocycles. The molecule has 2 saturated heterocycles. The van der Waals surface area contributed by atoms with Crippen molar-refractivity contribution in [1.29, 1.82) is 0 Å². The number of benzene rings is 1. The Morgan fingerprint density at radius 3 is 2.52 bits per heavy atom. The molecule has 2 aromatic heterocycles. The standard InChI is InChI=1S/C25H33N7O/c33-25(20-8-3-1-4-9-20)29-21-10-16-30(17-11-21)12-7-15-32-19-28-22-23(26-18-27-24(22)32)31-13-5-2-6-14-31/h1,3-4,8-9,18-19,21H,2,5-7,10-17H2,(H,29,33). The van der Waals surface area contributed by atoms with Crippen molar-refractivity contribution in [1.82, 2.24) is 29.7 Å². The molecular weight excluding hydrogens is 414 g/mol. The molecule has 4 heterocycles. The molecule has 1 amide bonds. The predicted octanol–water partition coefficient (Wildman–Crippen LogP) is 3.10. The number of carbonyl (C=O) groups excluding carboxylic acids is 1. The quantitative estimate of drug-likeness (QED) is 0.600. The lowest BCUT2D eigenvalue weighted by atomic mass is 10.0. The summed E-state index contributed by atoms with van der Waals surface area (Å²) in [7, 11) is 0. The Morgan fingerprint density at radius 2 is 1.73 bits per heavy atom. The normalized spacial score (nSPS) is 18.0. The summed E-state index contributed by atoms with van der Waals surface area (Å²) in [5.41, 5.74) is 2.60. The van der Waals surface area contributed by atoms with E-state index in [1.165, 1.54) is 19.3 Å². The van der Waals surface area contributed by atoms with Crippen molar-refractivity contribution in [3.05, 3.63) is 48.5 Å². The number of nitrogens with one attached hydrogen (secondary N) is 1. The molecule has 2 aliphatic rings. The third-order valence-electron chi connectivity index (χ3n) is 6.87. The van der Waals surface area contributed by atoms with Crippen LogP contribution in [0.25, 0.3) is 11.2 Å². The van der Waals surface area contributed by atoms with Gasteiger partial charge in [0.15, 0.2) is 17.0 Å². The molecule has 8 nitrogen and oxygen atoms in total. The molecule has 1 N–H and O–H groups in total. The van der Waals surface area contributed by atoms with Gasteiger partial charge in [0, 0.05) is 44.3 Å². The maximum absolute atomic E-state index is 12.4. The zero-order valence-electron chi connectivity index (χ0n) is 19.2. The van der Waals surface area contributed by atoms with Gasteiger partial charge in [-0.25, -0.2) is 15.0 Å². The summed E-state index contributed by atoms with van der Waals surface area (Å²) >= 11 is 0. The summed E-state index contributed by atoms with van der Waals surface area (Å²) in [4.78, 5) is 31.0. The van der Waals surface area contributed by atoms with Gasteiger partial charge in [0.05, 0.1) is 6.33 Å². The van der Waals surface area contributed by atoms with Gasteiger partial charge in [-0.15, -0.1) is 0 Å². The Bertz CT molecular complexity index is 1050. The van der Waals surface area contributed by atoms with E-state index in [0.717, 1.165) is 81.1 Å². The number of rotatable bonds is 7. The molecule has 174 valence electrons. The average molecular weight is 448 g/mol. The van der Waals surface area contributed by atoms with Gasteiger partial charge in [-0.1, -0.05) is 18.2 Å². The first-order valence-corrected chi connectivity index (χ1v) is 12.3. The Morgan fingerprint density at radius 1 is 0.939 bits per heavy atom. The van der Waals surface area contributed by atoms with Crippen LogP contribution in [0.1, 0.15) is 48.9 Å². The van der Waals surface area contributed by atoms with Crippen molar-refractivity contribution < 1.29 is 4.79 Å². The smallest absolute Gasteiger partial charge is 0.251 e. The fraction of sp³-hybridized carbons (Fsp3) is 0.520. The first-order chi connectivity index (χ1) is 16.3. The van der Waals surface area contributed by atoms with Crippen LogP contribution in [0.5, 0.6) is 0 Å². The van der Waals surface area contributed by atoms with E-state index >= 15 is 0 Å². The van der Waals surface area contributed by atoms with Crippen molar-refractivity contribution in [2.24, 2.45) is 0 Å². The Balaban J connectivity index is 1.10. The van der Waals surface area contributed by atoms with Crippen molar-refractivity contribution in [2.75, 3.05) is 37.6 Å². The largest absolute Gasteiger partial charge is 0.355 e. The van der Waals surface area contributed by atoms with Gasteiger partial charge in [0.2, 0.25) is 0 Å². The fourth-order valence-corrected chi connectivity index (χ4v) is 4.99. The average Bonchev–Trinajstić information content (AvgIpc) is 3.29. The molecule has 2 fully saturated rings. The number of hydrogen-bond donors (Lipinski definition) is 1. The van der Waals surface area contributed by atoms with E-state index in [9.17, 15) is 4.79 Å². The lowest BCUT2D eigenvalue weighted by Gasteiger charge is -2.32. The van der Waals surface area contributed by atoms with Gasteiger partial charge in [-0.2, -0.15) is 0 Å². The number of likely N-dealkylation sites (tertiary alicyclic amines) is 1. The van der Waals surface area contributed by atoms with E-state index in [0.29, 0.717) is 0 Å². The van der Waals surface area contributed by atoms with Crippen molar-refractivity contribution in [3.63, 3.8) is 0 Å². The van der Waals surface area contributed by atoms with Gasteiger partial charge < -0.3 is 19.7 Å². The molecule has 1 aromatic carbocycles. The first-order valence-electron chi connectivity index (χ1n) is 12.3. The molecule has 0 radical (unpaired) electrons. The Hall–Kier alpha value is -3.00. The predicted molar refractivity (Wildman–Crippen MR) is 129 cm³/mol. The summed E-state index contributed by atoms with van der Waals surface area (Å²) in [5, 5.41) is 3.19. The van der Waals surface area contributed by atoms with Crippen LogP contribution >= 0.6 is 0 Å². The number of carbonyl (C=O) groups is 1. The number of fused-ring (bicyclic) bond motifs is 1. The van der Waals surface area contributed by atoms with Gasteiger partial charge in [0.1, 0.15) is 6.33 Å². The highest BCUT2D eigenvalue weighted by atomic mass is 16.1. The van der Waals surface area contributed by atoms with E-state index in [-0.39, 0.29) is 11.9 Å². The van der Waals surface area contributed by atoms with Gasteiger partial charge in [0.25, 0.3) is 5.91 Å². The summed E-state index contributed by atoms with van der Waals surface area (Å²) in [5.74, 6) is 1.02. The molecule has 0 bridgehead atoms. The van der Waals surface area contributed by atoms with Crippen LogP contribution in [-0.4, -0.2) is 69.1 Å². The zero-order valence-corrected chi connectivity index (χ0v) is 19.2. The van der Waals surface area contributed by atoms with Crippen LogP contribution < -0.4 is 10.2 Å². The highest BCUT2D eigenvalue weighted by Gasteiger charge is 2.21. The first kappa shape index (κ1) is 21.8. The second-order valence-corrected chi connectivity index (χ2v) is 9.16. The SMILES string of the molecule is O=C(NC1CCN(CCCn2cnc3c(N4CCCCC4)ncnc32)CC1)c1ccccc1. The monoisotopic (exact) mass is 447 g/mol. The number of aromatic nitrogens is 4. The van der Waals surface area contributed by atoms with Crippen LogP contribution in [0.15, 0.2) is 43.0 Å². The fourth-order valence-electron chi connectivity index (χ4n) is 4.99. The lowest BCUT2D eigenvalue weighted by molar-refractivity contribution is 0.0910. The van der Waals surface area contributed by atoms with E-state index < -0.39 is 0 Å². The second-order valence-electron chi connectivity index (χ2n) is 9.16. The molecule has 0 saturated carbocycles. The van der Waals surface area contributed by atoms with Crippen molar-refractivity contribution in [3.8, 4) is 0 Å². The summed E-state index contributed by atoms with van der Waals surface area (Å²) in [6, 6.07) is 9.73. The van der Waals surface area contributed by atoms with Crippen LogP contribution in [0.2, 0.25) is 0 Å². The number of aryl methyl sites for hydroxylation is 1. The maximum Gasteiger partial charge on any atom is 0.251 e. The van der Waals surface area contributed by atoms with Gasteiger partial charge in [-0.3, -0.25) is 4.79 Å². The minimum absolute atomic E-state index is 0.0342. The third-order valence-corrected chi connectivity index (χ3v) is 6.87. The molecule has 3 aromatic rings. The minimum Gasteiger partial charge on any atom is -0.355 e. The molecule has 0 spiro atoms. The van der Waals surface area contributed by atoms with E-state index in [1.807, 2.05) is 36.7 Å². The Kier molecular flexibility index (Phi) is 6.81. The molecule has 5 rings (SSSR count). The number of hydrogen-bond acceptors (Lipinski definition) is 6. The third kappa shape index (κ3) is 5.16. The molecule has 0 unspecified atom stereocenters. The van der Waals surface area contributed by atoms with Gasteiger partial charge in [-0.05, 0) is 57.2 Å². The lowest BCUT2D eigenvalue weighted by Crippen LogP contribution is -2.44. The van der Waals surface area contributed by atoms with Crippen LogP contribution in [0, 0.1) is 0 Å². The Labute approximate surface area is 195 Å². The number of amides is 1. The van der Waals surface area contributed by atoms with Crippen LogP contribution in [-0.2, 0) is 6.54 Å². The van der Waals surface area contributed by atoms with Crippen LogP contribution in [0.3, 0.4) is 0 Å².